The maximum absolute atomic E-state index is 14.5. The number of rotatable bonds is 5. The van der Waals surface area contributed by atoms with Gasteiger partial charge in [-0.25, -0.2) is 9.78 Å². The SMILES string of the molecule is Cc1cc(Oc2ccccc2)ccc1N1C(=O)N(C2CCC(C)N(C)C2)c2c(C(N)=O)sc3nccc1c23. The number of ether oxygens (including phenoxy) is 1. The smallest absolute Gasteiger partial charge is 0.333 e. The summed E-state index contributed by atoms with van der Waals surface area (Å²) in [6, 6.07) is 17.3. The number of pyridine rings is 1. The van der Waals surface area contributed by atoms with E-state index >= 15 is 0 Å². The van der Waals surface area contributed by atoms with E-state index in [2.05, 4.69) is 23.9 Å². The second kappa shape index (κ2) is 9.41. The zero-order chi connectivity index (χ0) is 26.6. The molecule has 4 aromatic rings. The third-order valence-corrected chi connectivity index (χ3v) is 8.67. The Bertz CT molecular complexity index is 1550. The molecule has 38 heavy (non-hydrogen) atoms. The Balaban J connectivity index is 1.48. The van der Waals surface area contributed by atoms with Gasteiger partial charge in [-0.05, 0) is 75.7 Å². The zero-order valence-electron chi connectivity index (χ0n) is 21.5. The summed E-state index contributed by atoms with van der Waals surface area (Å²) in [6.07, 6.45) is 3.46. The number of likely N-dealkylation sites (tertiary alicyclic amines) is 1. The van der Waals surface area contributed by atoms with Crippen LogP contribution < -0.4 is 20.3 Å². The van der Waals surface area contributed by atoms with Crippen LogP contribution >= 0.6 is 11.3 Å². The minimum Gasteiger partial charge on any atom is -0.457 e. The molecule has 8 nitrogen and oxygen atoms in total. The predicted molar refractivity (Wildman–Crippen MR) is 151 cm³/mol. The van der Waals surface area contributed by atoms with Crippen LogP contribution in [0.15, 0.2) is 60.8 Å². The van der Waals surface area contributed by atoms with Crippen molar-refractivity contribution in [1.29, 1.82) is 0 Å². The average molecular weight is 528 g/mol. The van der Waals surface area contributed by atoms with Gasteiger partial charge < -0.3 is 15.4 Å². The van der Waals surface area contributed by atoms with E-state index in [1.807, 2.05) is 61.5 Å². The quantitative estimate of drug-likeness (QED) is 0.341. The molecule has 6 rings (SSSR count). The highest BCUT2D eigenvalue weighted by atomic mass is 32.1. The zero-order valence-corrected chi connectivity index (χ0v) is 22.4. The van der Waals surface area contributed by atoms with Crippen LogP contribution in [0.5, 0.6) is 11.5 Å². The number of hydrogen-bond acceptors (Lipinski definition) is 6. The molecule has 2 N–H and O–H groups in total. The van der Waals surface area contributed by atoms with E-state index in [9.17, 15) is 9.59 Å². The summed E-state index contributed by atoms with van der Waals surface area (Å²) in [5, 5.41) is 0.788. The number of aryl methyl sites for hydroxylation is 1. The molecule has 4 heterocycles. The topological polar surface area (TPSA) is 92.0 Å². The maximum Gasteiger partial charge on any atom is 0.333 e. The normalized spacial score (nSPS) is 19.7. The average Bonchev–Trinajstić information content (AvgIpc) is 3.29. The summed E-state index contributed by atoms with van der Waals surface area (Å²) >= 11 is 1.25. The van der Waals surface area contributed by atoms with Gasteiger partial charge in [0, 0.05) is 18.8 Å². The van der Waals surface area contributed by atoms with Crippen molar-refractivity contribution in [3.8, 4) is 11.5 Å². The van der Waals surface area contributed by atoms with E-state index in [1.54, 1.807) is 16.0 Å². The van der Waals surface area contributed by atoms with Gasteiger partial charge in [-0.3, -0.25) is 14.6 Å². The number of nitrogens with two attached hydrogens (primary N) is 1. The Labute approximate surface area is 225 Å². The van der Waals surface area contributed by atoms with Gasteiger partial charge in [0.1, 0.15) is 21.2 Å². The van der Waals surface area contributed by atoms with Crippen molar-refractivity contribution in [2.24, 2.45) is 5.73 Å². The van der Waals surface area contributed by atoms with Crippen molar-refractivity contribution in [2.45, 2.75) is 38.8 Å². The number of carbonyl (C=O) groups excluding carboxylic acids is 2. The van der Waals surface area contributed by atoms with Crippen LogP contribution in [-0.2, 0) is 0 Å². The number of urea groups is 1. The van der Waals surface area contributed by atoms with Crippen molar-refractivity contribution in [1.82, 2.24) is 9.88 Å². The number of benzene rings is 2. The number of amides is 3. The lowest BCUT2D eigenvalue weighted by molar-refractivity contribution is 0.100. The van der Waals surface area contributed by atoms with Gasteiger partial charge in [-0.15, -0.1) is 11.3 Å². The van der Waals surface area contributed by atoms with Crippen LogP contribution in [0.3, 0.4) is 0 Å². The van der Waals surface area contributed by atoms with E-state index in [0.29, 0.717) is 39.4 Å². The Hall–Kier alpha value is -3.95. The van der Waals surface area contributed by atoms with E-state index in [4.69, 9.17) is 10.5 Å². The molecule has 2 aliphatic heterocycles. The summed E-state index contributed by atoms with van der Waals surface area (Å²) in [5.41, 5.74) is 8.77. The van der Waals surface area contributed by atoms with Crippen LogP contribution in [0.4, 0.5) is 21.9 Å². The van der Waals surface area contributed by atoms with Gasteiger partial charge in [0.2, 0.25) is 0 Å². The van der Waals surface area contributed by atoms with Gasteiger partial charge in [-0.1, -0.05) is 18.2 Å². The molecule has 2 aromatic carbocycles. The Morgan fingerprint density at radius 1 is 1.08 bits per heavy atom. The summed E-state index contributed by atoms with van der Waals surface area (Å²) in [4.78, 5) is 38.4. The number of hydrogen-bond donors (Lipinski definition) is 1. The minimum atomic E-state index is -0.545. The third kappa shape index (κ3) is 3.99. The highest BCUT2D eigenvalue weighted by Crippen LogP contribution is 2.50. The van der Waals surface area contributed by atoms with E-state index < -0.39 is 5.91 Å². The molecule has 0 bridgehead atoms. The van der Waals surface area contributed by atoms with Gasteiger partial charge in [-0.2, -0.15) is 0 Å². The molecule has 0 aliphatic carbocycles. The van der Waals surface area contributed by atoms with Crippen LogP contribution in [-0.4, -0.2) is 47.5 Å². The number of anilines is 3. The van der Waals surface area contributed by atoms with E-state index in [-0.39, 0.29) is 12.1 Å². The summed E-state index contributed by atoms with van der Waals surface area (Å²) < 4.78 is 6.03. The summed E-state index contributed by atoms with van der Waals surface area (Å²) in [5.74, 6) is 0.887. The first-order valence-electron chi connectivity index (χ1n) is 12.7. The van der Waals surface area contributed by atoms with Gasteiger partial charge >= 0.3 is 6.03 Å². The predicted octanol–water partition coefficient (Wildman–Crippen LogP) is 6.06. The Kier molecular flexibility index (Phi) is 6.04. The number of nitrogens with zero attached hydrogens (tertiary/aromatic N) is 4. The number of aromatic nitrogens is 1. The van der Waals surface area contributed by atoms with Gasteiger partial charge in [0.25, 0.3) is 5.91 Å². The number of primary amides is 1. The van der Waals surface area contributed by atoms with Gasteiger partial charge in [0.15, 0.2) is 0 Å². The first kappa shape index (κ1) is 24.4. The fourth-order valence-electron chi connectivity index (χ4n) is 5.49. The standard InChI is InChI=1S/C29H29N5O3S/c1-17-15-21(37-20-7-5-4-6-8-20)11-12-22(17)34-23-13-14-31-28-24(23)25(26(38-28)27(30)35)33(29(34)36)19-10-9-18(2)32(3)16-19/h4-8,11-15,18-19H,9-10,16H2,1-3H3,(H2,30,35). The van der Waals surface area contributed by atoms with Crippen LogP contribution in [0, 0.1) is 6.92 Å². The highest BCUT2D eigenvalue weighted by Gasteiger charge is 2.43. The fraction of sp³-hybridized carbons (Fsp3) is 0.276. The second-order valence-corrected chi connectivity index (χ2v) is 11.0. The molecule has 1 saturated heterocycles. The number of thiophene rings is 1. The molecule has 3 amide bonds. The molecule has 2 aromatic heterocycles. The van der Waals surface area contributed by atoms with Crippen molar-refractivity contribution in [3.63, 3.8) is 0 Å². The van der Waals surface area contributed by atoms with E-state index in [1.165, 1.54) is 11.3 Å². The highest BCUT2D eigenvalue weighted by molar-refractivity contribution is 7.21. The number of likely N-dealkylation sites (N-methyl/N-ethyl adjacent to an activating group) is 1. The maximum atomic E-state index is 14.5. The lowest BCUT2D eigenvalue weighted by atomic mass is 9.97. The second-order valence-electron chi connectivity index (χ2n) is 10.0. The van der Waals surface area contributed by atoms with Gasteiger partial charge in [0.05, 0.1) is 28.5 Å². The van der Waals surface area contributed by atoms with Crippen molar-refractivity contribution < 1.29 is 14.3 Å². The number of para-hydroxylation sites is 1. The van der Waals surface area contributed by atoms with Crippen LogP contribution in [0.1, 0.15) is 35.0 Å². The molecule has 2 atom stereocenters. The minimum absolute atomic E-state index is 0.101. The Morgan fingerprint density at radius 3 is 2.58 bits per heavy atom. The lowest BCUT2D eigenvalue weighted by Gasteiger charge is -2.44. The van der Waals surface area contributed by atoms with Crippen LogP contribution in [0.2, 0.25) is 0 Å². The largest absolute Gasteiger partial charge is 0.457 e. The third-order valence-electron chi connectivity index (χ3n) is 7.57. The molecule has 0 radical (unpaired) electrons. The van der Waals surface area contributed by atoms with Crippen molar-refractivity contribution in [2.75, 3.05) is 23.4 Å². The molecule has 1 fully saturated rings. The molecule has 2 unspecified atom stereocenters. The molecule has 2 aliphatic rings. The van der Waals surface area contributed by atoms with Crippen LogP contribution in [0.25, 0.3) is 10.2 Å². The molecular weight excluding hydrogens is 498 g/mol. The van der Waals surface area contributed by atoms with E-state index in [0.717, 1.165) is 35.2 Å². The summed E-state index contributed by atoms with van der Waals surface area (Å²) in [7, 11) is 2.08. The van der Waals surface area contributed by atoms with Crippen molar-refractivity contribution in [3.05, 3.63) is 71.2 Å². The molecule has 194 valence electrons. The first-order chi connectivity index (χ1) is 18.3. The van der Waals surface area contributed by atoms with Crippen molar-refractivity contribution >= 4 is 50.6 Å². The fourth-order valence-corrected chi connectivity index (χ4v) is 6.50. The number of carbonyl (C=O) groups is 2. The molecular formula is C29H29N5O3S. The first-order valence-corrected chi connectivity index (χ1v) is 13.5. The Morgan fingerprint density at radius 2 is 1.87 bits per heavy atom. The molecule has 9 heteroatoms. The monoisotopic (exact) mass is 527 g/mol. The summed E-state index contributed by atoms with van der Waals surface area (Å²) in [6.45, 7) is 4.87. The lowest BCUT2D eigenvalue weighted by Crippen LogP contribution is -2.56. The number of piperidine rings is 1. The molecule has 0 spiro atoms. The molecule has 0 saturated carbocycles.